The Labute approximate surface area is 101 Å². The van der Waals surface area contributed by atoms with Crippen molar-refractivity contribution in [2.75, 3.05) is 11.2 Å². The van der Waals surface area contributed by atoms with E-state index in [4.69, 9.17) is 11.6 Å². The van der Waals surface area contributed by atoms with Gasteiger partial charge >= 0.3 is 0 Å². The number of hydrogen-bond acceptors (Lipinski definition) is 2. The number of nitrogens with one attached hydrogen (secondary N) is 1. The molecule has 0 saturated carbocycles. The maximum absolute atomic E-state index is 5.73. The van der Waals surface area contributed by atoms with Gasteiger partial charge in [0.2, 0.25) is 0 Å². The summed E-state index contributed by atoms with van der Waals surface area (Å²) in [7, 11) is 0. The van der Waals surface area contributed by atoms with Gasteiger partial charge in [0.25, 0.3) is 0 Å². The lowest BCUT2D eigenvalue weighted by atomic mass is 10.1. The first-order valence-corrected chi connectivity index (χ1v) is 6.01. The first-order chi connectivity index (χ1) is 7.81. The van der Waals surface area contributed by atoms with Crippen molar-refractivity contribution in [3.05, 3.63) is 36.5 Å². The molecule has 2 nitrogen and oxygen atoms in total. The van der Waals surface area contributed by atoms with Gasteiger partial charge in [0.05, 0.1) is 5.52 Å². The van der Waals surface area contributed by atoms with Crippen molar-refractivity contribution in [3.8, 4) is 0 Å². The van der Waals surface area contributed by atoms with E-state index in [1.165, 1.54) is 0 Å². The summed E-state index contributed by atoms with van der Waals surface area (Å²) in [6.07, 6.45) is 2.79. The molecule has 0 amide bonds. The smallest absolute Gasteiger partial charge is 0.0722 e. The summed E-state index contributed by atoms with van der Waals surface area (Å²) in [5.74, 6) is 0.678. The molecule has 84 valence electrons. The van der Waals surface area contributed by atoms with Crippen LogP contribution in [-0.2, 0) is 0 Å². The van der Waals surface area contributed by atoms with Crippen LogP contribution in [0.1, 0.15) is 13.3 Å². The number of benzene rings is 1. The van der Waals surface area contributed by atoms with Gasteiger partial charge in [0.1, 0.15) is 0 Å². The topological polar surface area (TPSA) is 24.9 Å². The molecule has 16 heavy (non-hydrogen) atoms. The number of anilines is 1. The van der Waals surface area contributed by atoms with Gasteiger partial charge < -0.3 is 5.32 Å². The fourth-order valence-electron chi connectivity index (χ4n) is 1.72. The van der Waals surface area contributed by atoms with E-state index in [0.29, 0.717) is 11.9 Å². The van der Waals surface area contributed by atoms with Gasteiger partial charge in [-0.05, 0) is 25.5 Å². The summed E-state index contributed by atoms with van der Waals surface area (Å²) >= 11 is 5.73. The second-order valence-electron chi connectivity index (χ2n) is 3.90. The van der Waals surface area contributed by atoms with E-state index in [9.17, 15) is 0 Å². The third kappa shape index (κ3) is 2.45. The molecule has 2 aromatic rings. The van der Waals surface area contributed by atoms with Gasteiger partial charge in [-0.2, -0.15) is 0 Å². The first kappa shape index (κ1) is 11.2. The molecule has 3 heteroatoms. The Morgan fingerprint density at radius 3 is 2.94 bits per heavy atom. The molecule has 0 saturated heterocycles. The van der Waals surface area contributed by atoms with Crippen LogP contribution in [0, 0.1) is 0 Å². The summed E-state index contributed by atoms with van der Waals surface area (Å²) < 4.78 is 0. The third-order valence-electron chi connectivity index (χ3n) is 2.59. The number of nitrogens with zero attached hydrogens (tertiary/aromatic N) is 1. The predicted octanol–water partition coefficient (Wildman–Crippen LogP) is 3.66. The highest BCUT2D eigenvalue weighted by atomic mass is 35.5. The lowest BCUT2D eigenvalue weighted by molar-refractivity contribution is 0.770. The van der Waals surface area contributed by atoms with Crippen LogP contribution >= 0.6 is 11.6 Å². The van der Waals surface area contributed by atoms with Crippen LogP contribution in [0.5, 0.6) is 0 Å². The van der Waals surface area contributed by atoms with E-state index in [1.807, 2.05) is 30.5 Å². The Hall–Kier alpha value is -1.28. The van der Waals surface area contributed by atoms with Crippen molar-refractivity contribution >= 4 is 28.2 Å². The van der Waals surface area contributed by atoms with Gasteiger partial charge in [-0.3, -0.25) is 4.98 Å². The summed E-state index contributed by atoms with van der Waals surface area (Å²) in [6.45, 7) is 2.14. The summed E-state index contributed by atoms with van der Waals surface area (Å²) in [6, 6.07) is 10.5. The van der Waals surface area contributed by atoms with Crippen LogP contribution < -0.4 is 5.32 Å². The molecule has 0 aliphatic rings. The number of aromatic nitrogens is 1. The SMILES string of the molecule is CC(CCCl)Nc1ccnc2ccccc12. The second kappa shape index (κ2) is 5.17. The van der Waals surface area contributed by atoms with Crippen LogP contribution in [0.25, 0.3) is 10.9 Å². The van der Waals surface area contributed by atoms with E-state index in [0.717, 1.165) is 23.0 Å². The number of halogens is 1. The molecule has 2 rings (SSSR count). The zero-order valence-electron chi connectivity index (χ0n) is 9.28. The number of fused-ring (bicyclic) bond motifs is 1. The van der Waals surface area contributed by atoms with Gasteiger partial charge in [-0.1, -0.05) is 18.2 Å². The quantitative estimate of drug-likeness (QED) is 0.817. The average molecular weight is 235 g/mol. The number of alkyl halides is 1. The highest BCUT2D eigenvalue weighted by Gasteiger charge is 2.04. The minimum absolute atomic E-state index is 0.378. The van der Waals surface area contributed by atoms with E-state index in [2.05, 4.69) is 23.3 Å². The highest BCUT2D eigenvalue weighted by Crippen LogP contribution is 2.21. The Bertz CT molecular complexity index is 465. The molecule has 0 radical (unpaired) electrons. The molecule has 1 aromatic carbocycles. The zero-order valence-corrected chi connectivity index (χ0v) is 10.0. The molecule has 0 aliphatic heterocycles. The van der Waals surface area contributed by atoms with Crippen LogP contribution in [0.15, 0.2) is 36.5 Å². The Morgan fingerprint density at radius 1 is 1.31 bits per heavy atom. The number of para-hydroxylation sites is 1. The minimum atomic E-state index is 0.378. The van der Waals surface area contributed by atoms with Crippen molar-refractivity contribution in [1.82, 2.24) is 4.98 Å². The molecule has 1 N–H and O–H groups in total. The molecule has 1 atom stereocenters. The molecule has 1 heterocycles. The lowest BCUT2D eigenvalue weighted by Gasteiger charge is -2.15. The fourth-order valence-corrected chi connectivity index (χ4v) is 2.05. The van der Waals surface area contributed by atoms with Gasteiger partial charge in [-0.25, -0.2) is 0 Å². The molecule has 1 aromatic heterocycles. The second-order valence-corrected chi connectivity index (χ2v) is 4.28. The monoisotopic (exact) mass is 234 g/mol. The Morgan fingerprint density at radius 2 is 2.12 bits per heavy atom. The molecule has 0 aliphatic carbocycles. The standard InChI is InChI=1S/C13H15ClN2/c1-10(6-8-14)16-13-7-9-15-12-5-3-2-4-11(12)13/h2-5,7,9-10H,6,8H2,1H3,(H,15,16). The molecular formula is C13H15ClN2. The molecular weight excluding hydrogens is 220 g/mol. The predicted molar refractivity (Wildman–Crippen MR) is 70.2 cm³/mol. The molecule has 0 bridgehead atoms. The lowest BCUT2D eigenvalue weighted by Crippen LogP contribution is -2.15. The largest absolute Gasteiger partial charge is 0.382 e. The first-order valence-electron chi connectivity index (χ1n) is 5.47. The zero-order chi connectivity index (χ0) is 11.4. The minimum Gasteiger partial charge on any atom is -0.382 e. The highest BCUT2D eigenvalue weighted by molar-refractivity contribution is 6.17. The number of pyridine rings is 1. The fraction of sp³-hybridized carbons (Fsp3) is 0.308. The molecule has 1 unspecified atom stereocenters. The van der Waals surface area contributed by atoms with Gasteiger partial charge in [0, 0.05) is 29.2 Å². The Kier molecular flexibility index (Phi) is 3.62. The molecule has 0 fully saturated rings. The van der Waals surface area contributed by atoms with Crippen LogP contribution in [-0.4, -0.2) is 16.9 Å². The number of hydrogen-bond donors (Lipinski definition) is 1. The van der Waals surface area contributed by atoms with Crippen molar-refractivity contribution in [1.29, 1.82) is 0 Å². The van der Waals surface area contributed by atoms with E-state index in [1.54, 1.807) is 0 Å². The maximum atomic E-state index is 5.73. The summed E-state index contributed by atoms with van der Waals surface area (Å²) in [4.78, 5) is 4.33. The molecule has 0 spiro atoms. The summed E-state index contributed by atoms with van der Waals surface area (Å²) in [5.41, 5.74) is 2.15. The van der Waals surface area contributed by atoms with E-state index in [-0.39, 0.29) is 0 Å². The normalized spacial score (nSPS) is 12.6. The van der Waals surface area contributed by atoms with Crippen LogP contribution in [0.4, 0.5) is 5.69 Å². The van der Waals surface area contributed by atoms with Crippen molar-refractivity contribution in [2.45, 2.75) is 19.4 Å². The van der Waals surface area contributed by atoms with Crippen molar-refractivity contribution < 1.29 is 0 Å². The van der Waals surface area contributed by atoms with E-state index >= 15 is 0 Å². The van der Waals surface area contributed by atoms with Gasteiger partial charge in [0.15, 0.2) is 0 Å². The van der Waals surface area contributed by atoms with Gasteiger partial charge in [-0.15, -0.1) is 11.6 Å². The summed E-state index contributed by atoms with van der Waals surface area (Å²) in [5, 5.41) is 4.62. The van der Waals surface area contributed by atoms with Crippen molar-refractivity contribution in [2.24, 2.45) is 0 Å². The number of rotatable bonds is 4. The van der Waals surface area contributed by atoms with Crippen molar-refractivity contribution in [3.63, 3.8) is 0 Å². The third-order valence-corrected chi connectivity index (χ3v) is 2.81. The van der Waals surface area contributed by atoms with Crippen LogP contribution in [0.3, 0.4) is 0 Å². The van der Waals surface area contributed by atoms with Crippen LogP contribution in [0.2, 0.25) is 0 Å². The Balaban J connectivity index is 2.30. The average Bonchev–Trinajstić information content (AvgIpc) is 2.30. The maximum Gasteiger partial charge on any atom is 0.0722 e. The van der Waals surface area contributed by atoms with E-state index < -0.39 is 0 Å².